The van der Waals surface area contributed by atoms with Gasteiger partial charge in [0, 0.05) is 18.9 Å². The van der Waals surface area contributed by atoms with E-state index in [9.17, 15) is 14.4 Å². The minimum absolute atomic E-state index is 0.00223. The number of esters is 1. The predicted molar refractivity (Wildman–Crippen MR) is 193 cm³/mol. The number of benzene rings is 1. The van der Waals surface area contributed by atoms with Gasteiger partial charge in [-0.15, -0.1) is 0 Å². The third-order valence-corrected chi connectivity index (χ3v) is 12.1. The summed E-state index contributed by atoms with van der Waals surface area (Å²) >= 11 is 0. The van der Waals surface area contributed by atoms with Crippen LogP contribution in [0.15, 0.2) is 12.1 Å². The van der Waals surface area contributed by atoms with E-state index in [0.717, 1.165) is 25.8 Å². The molecular weight excluding hydrogens is 667 g/mol. The minimum atomic E-state index is -0.933. The van der Waals surface area contributed by atoms with Crippen molar-refractivity contribution in [3.05, 3.63) is 23.3 Å². The van der Waals surface area contributed by atoms with Crippen LogP contribution in [0.3, 0.4) is 0 Å². The number of morpholine rings is 1. The Balaban J connectivity index is 1.13. The maximum atomic E-state index is 14.1. The molecule has 3 aliphatic heterocycles. The van der Waals surface area contributed by atoms with E-state index in [2.05, 4.69) is 25.7 Å². The van der Waals surface area contributed by atoms with Crippen LogP contribution < -0.4 is 9.47 Å². The van der Waals surface area contributed by atoms with Gasteiger partial charge in [-0.1, -0.05) is 19.9 Å². The molecule has 7 fully saturated rings. The van der Waals surface area contributed by atoms with Crippen molar-refractivity contribution in [2.24, 2.45) is 17.3 Å². The molecule has 4 saturated carbocycles. The molecule has 0 aromatic heterocycles. The van der Waals surface area contributed by atoms with Crippen LogP contribution in [0.2, 0.25) is 5.82 Å². The monoisotopic (exact) mass is 724 g/mol. The summed E-state index contributed by atoms with van der Waals surface area (Å²) in [6, 6.07) is 3.60. The lowest BCUT2D eigenvalue weighted by Crippen LogP contribution is -2.65. The zero-order valence-corrected chi connectivity index (χ0v) is 32.6. The van der Waals surface area contributed by atoms with Crippen LogP contribution >= 0.6 is 0 Å². The summed E-state index contributed by atoms with van der Waals surface area (Å²) in [5, 5.41) is 0. The molecule has 2 bridgehead atoms. The highest BCUT2D eigenvalue weighted by atomic mass is 16.7. The van der Waals surface area contributed by atoms with Gasteiger partial charge in [0.2, 0.25) is 5.91 Å². The molecule has 2 unspecified atom stereocenters. The standard InChI is InChI=1S/C39H57BN2O10/c1-36(2,3)49-34(44)32-28(47-24-20-42(21-24)31(43)17-23-19-41(10)13-14-46-23)12-11-25(33(32)48-35(45)50-37(4,5)6)26-18-27(26)40-51-30-16-22-15-29(38(22,7)8)39(30,9)52-40/h11-12,22-24,26-27,29-30H,13-21H2,1-10H3/t22-,23+,26?,27?,29-,30+,39-/m0/s1. The first kappa shape index (κ1) is 37.5. The molecule has 286 valence electrons. The minimum Gasteiger partial charge on any atom is -0.486 e. The number of rotatable bonds is 8. The van der Waals surface area contributed by atoms with E-state index in [0.29, 0.717) is 50.1 Å². The fourth-order valence-electron chi connectivity index (χ4n) is 9.12. The van der Waals surface area contributed by atoms with Crippen LogP contribution in [-0.2, 0) is 28.3 Å². The Labute approximate surface area is 308 Å². The number of hydrogen-bond donors (Lipinski definition) is 0. The van der Waals surface area contributed by atoms with Crippen molar-refractivity contribution in [2.45, 2.75) is 135 Å². The van der Waals surface area contributed by atoms with Crippen molar-refractivity contribution in [3.8, 4) is 11.5 Å². The van der Waals surface area contributed by atoms with E-state index < -0.39 is 30.4 Å². The molecule has 1 amide bonds. The van der Waals surface area contributed by atoms with Gasteiger partial charge in [-0.3, -0.25) is 4.79 Å². The van der Waals surface area contributed by atoms with Crippen LogP contribution in [0.25, 0.3) is 0 Å². The molecule has 3 saturated heterocycles. The van der Waals surface area contributed by atoms with Gasteiger partial charge in [-0.2, -0.15) is 0 Å². The van der Waals surface area contributed by atoms with Gasteiger partial charge in [-0.25, -0.2) is 9.59 Å². The van der Waals surface area contributed by atoms with Crippen LogP contribution in [0.5, 0.6) is 11.5 Å². The van der Waals surface area contributed by atoms with Gasteiger partial charge in [0.15, 0.2) is 5.75 Å². The number of likely N-dealkylation sites (tertiary alicyclic amines) is 1. The largest absolute Gasteiger partial charge is 0.514 e. The summed E-state index contributed by atoms with van der Waals surface area (Å²) in [7, 11) is 1.62. The van der Waals surface area contributed by atoms with Crippen LogP contribution in [0, 0.1) is 17.3 Å². The van der Waals surface area contributed by atoms with Crippen LogP contribution in [-0.4, -0.2) is 110 Å². The molecule has 3 heterocycles. The summed E-state index contributed by atoms with van der Waals surface area (Å²) in [6.07, 6.45) is 1.81. The first-order valence-electron chi connectivity index (χ1n) is 19.1. The van der Waals surface area contributed by atoms with Crippen molar-refractivity contribution in [2.75, 3.05) is 39.8 Å². The molecule has 0 radical (unpaired) electrons. The lowest BCUT2D eigenvalue weighted by Gasteiger charge is -2.64. The van der Waals surface area contributed by atoms with E-state index in [1.165, 1.54) is 0 Å². The fourth-order valence-corrected chi connectivity index (χ4v) is 9.12. The molecule has 52 heavy (non-hydrogen) atoms. The average molecular weight is 725 g/mol. The fraction of sp³-hybridized carbons (Fsp3) is 0.769. The molecule has 0 spiro atoms. The van der Waals surface area contributed by atoms with Gasteiger partial charge in [0.05, 0.1) is 43.9 Å². The zero-order valence-electron chi connectivity index (χ0n) is 32.6. The zero-order chi connectivity index (χ0) is 37.5. The highest BCUT2D eigenvalue weighted by Crippen LogP contribution is 2.68. The third-order valence-electron chi connectivity index (χ3n) is 12.1. The topological polar surface area (TPSA) is 122 Å². The van der Waals surface area contributed by atoms with Crippen molar-refractivity contribution in [3.63, 3.8) is 0 Å². The summed E-state index contributed by atoms with van der Waals surface area (Å²) in [5.41, 5.74) is -1.09. The number of carbonyl (C=O) groups is 3. The number of ether oxygens (including phenoxy) is 5. The van der Waals surface area contributed by atoms with E-state index in [4.69, 9.17) is 33.0 Å². The molecule has 12 nitrogen and oxygen atoms in total. The van der Waals surface area contributed by atoms with Gasteiger partial charge < -0.3 is 42.8 Å². The quantitative estimate of drug-likeness (QED) is 0.182. The van der Waals surface area contributed by atoms with Gasteiger partial charge in [-0.05, 0) is 110 Å². The Bertz CT molecular complexity index is 1580. The first-order valence-corrected chi connectivity index (χ1v) is 19.1. The van der Waals surface area contributed by atoms with Crippen LogP contribution in [0.1, 0.15) is 110 Å². The number of nitrogens with zero attached hydrogens (tertiary/aromatic N) is 2. The molecule has 1 aromatic carbocycles. The Morgan fingerprint density at radius 3 is 2.33 bits per heavy atom. The lowest BCUT2D eigenvalue weighted by molar-refractivity contribution is -0.199. The molecule has 8 rings (SSSR count). The van der Waals surface area contributed by atoms with Crippen molar-refractivity contribution >= 4 is 25.2 Å². The SMILES string of the molecule is CN1CCO[C@H](CC(=O)N2CC(Oc3ccc(C4CC4B4O[C@@H]5C[C@@H]6C[C@@H](C6(C)C)[C@]5(C)O4)c(OC(=O)OC(C)(C)C)c3C(=O)OC(C)(C)C)C2)C1. The molecule has 0 N–H and O–H groups in total. The first-order chi connectivity index (χ1) is 24.2. The highest BCUT2D eigenvalue weighted by molar-refractivity contribution is 6.49. The Morgan fingerprint density at radius 2 is 1.67 bits per heavy atom. The summed E-state index contributed by atoms with van der Waals surface area (Å²) in [6.45, 7) is 20.4. The molecule has 13 heteroatoms. The normalized spacial score (nSPS) is 32.7. The van der Waals surface area contributed by atoms with Gasteiger partial charge in [0.1, 0.15) is 28.6 Å². The maximum Gasteiger partial charge on any atom is 0.514 e. The number of likely N-dealkylation sites (N-methyl/N-ethyl adjacent to an activating group) is 1. The highest BCUT2D eigenvalue weighted by Gasteiger charge is 2.70. The number of hydrogen-bond acceptors (Lipinski definition) is 11. The Morgan fingerprint density at radius 1 is 0.962 bits per heavy atom. The summed E-state index contributed by atoms with van der Waals surface area (Å²) in [4.78, 5) is 44.3. The second-order valence-electron chi connectivity index (χ2n) is 18.8. The second kappa shape index (κ2) is 13.2. The van der Waals surface area contributed by atoms with Crippen molar-refractivity contribution in [1.29, 1.82) is 0 Å². The maximum absolute atomic E-state index is 14.1. The smallest absolute Gasteiger partial charge is 0.486 e. The molecule has 7 aliphatic rings. The van der Waals surface area contributed by atoms with E-state index >= 15 is 0 Å². The lowest BCUT2D eigenvalue weighted by atomic mass is 9.43. The van der Waals surface area contributed by atoms with Crippen molar-refractivity contribution < 1.29 is 47.4 Å². The van der Waals surface area contributed by atoms with Gasteiger partial charge >= 0.3 is 19.2 Å². The molecule has 7 atom stereocenters. The summed E-state index contributed by atoms with van der Waals surface area (Å²) < 4.78 is 43.1. The number of carbonyl (C=O) groups excluding carboxylic acids is 3. The predicted octanol–water partition coefficient (Wildman–Crippen LogP) is 5.85. The van der Waals surface area contributed by atoms with Crippen LogP contribution in [0.4, 0.5) is 4.79 Å². The van der Waals surface area contributed by atoms with Gasteiger partial charge in [0.25, 0.3) is 0 Å². The Hall–Kier alpha value is -2.87. The average Bonchev–Trinajstić information content (AvgIpc) is 3.69. The second-order valence-corrected chi connectivity index (χ2v) is 18.8. The molecule has 4 aliphatic carbocycles. The third kappa shape index (κ3) is 7.31. The van der Waals surface area contributed by atoms with E-state index in [1.807, 2.05) is 13.1 Å². The molecular formula is C39H57BN2O10. The Kier molecular flexibility index (Phi) is 9.48. The molecule has 1 aromatic rings. The van der Waals surface area contributed by atoms with E-state index in [1.54, 1.807) is 52.5 Å². The van der Waals surface area contributed by atoms with Crippen molar-refractivity contribution in [1.82, 2.24) is 9.80 Å². The summed E-state index contributed by atoms with van der Waals surface area (Å²) in [5.74, 6) is 0.596. The number of amides is 1. The van der Waals surface area contributed by atoms with E-state index in [-0.39, 0.29) is 64.0 Å².